The number of hydrogen-bond acceptors (Lipinski definition) is 4. The number of benzene rings is 1. The molecule has 116 valence electrons. The number of piperidine rings is 1. The number of rotatable bonds is 4. The molecule has 1 aromatic heterocycles. The maximum atomic E-state index is 11.8. The van der Waals surface area contributed by atoms with Gasteiger partial charge in [-0.15, -0.1) is 0 Å². The number of aromatic nitrogens is 3. The van der Waals surface area contributed by atoms with E-state index in [0.29, 0.717) is 12.2 Å². The molecule has 1 fully saturated rings. The monoisotopic (exact) mass is 299 g/mol. The number of H-pyrrole nitrogens is 1. The van der Waals surface area contributed by atoms with Gasteiger partial charge in [0, 0.05) is 25.3 Å². The average molecular weight is 299 g/mol. The first kappa shape index (κ1) is 14.6. The van der Waals surface area contributed by atoms with Crippen LogP contribution in [0.1, 0.15) is 35.8 Å². The minimum atomic E-state index is -0.220. The Morgan fingerprint density at radius 1 is 1.41 bits per heavy atom. The summed E-state index contributed by atoms with van der Waals surface area (Å²) in [7, 11) is 0. The smallest absolute Gasteiger partial charge is 0.273 e. The lowest BCUT2D eigenvalue weighted by atomic mass is 9.99. The number of aromatic amines is 1. The average Bonchev–Trinajstić information content (AvgIpc) is 3.08. The zero-order valence-corrected chi connectivity index (χ0v) is 12.7. The van der Waals surface area contributed by atoms with Gasteiger partial charge in [-0.05, 0) is 36.5 Å². The van der Waals surface area contributed by atoms with Crippen LogP contribution in [0.25, 0.3) is 0 Å². The first-order chi connectivity index (χ1) is 10.7. The van der Waals surface area contributed by atoms with Gasteiger partial charge in [0.05, 0.1) is 6.20 Å². The normalized spacial score (nSPS) is 18.2. The Morgan fingerprint density at radius 3 is 2.91 bits per heavy atom. The molecule has 1 aromatic carbocycles. The van der Waals surface area contributed by atoms with Gasteiger partial charge >= 0.3 is 0 Å². The molecule has 1 amide bonds. The molecule has 0 bridgehead atoms. The second-order valence-corrected chi connectivity index (χ2v) is 5.90. The van der Waals surface area contributed by atoms with Crippen LogP contribution < -0.4 is 10.2 Å². The number of nitrogens with zero attached hydrogens (tertiary/aromatic N) is 3. The lowest BCUT2D eigenvalue weighted by Crippen LogP contribution is -2.34. The molecule has 0 spiro atoms. The van der Waals surface area contributed by atoms with E-state index in [0.717, 1.165) is 24.6 Å². The summed E-state index contributed by atoms with van der Waals surface area (Å²) in [5, 5.41) is 12.6. The van der Waals surface area contributed by atoms with Gasteiger partial charge in [0.25, 0.3) is 5.91 Å². The highest BCUT2D eigenvalue weighted by atomic mass is 16.1. The van der Waals surface area contributed by atoms with Gasteiger partial charge in [-0.2, -0.15) is 15.4 Å². The van der Waals surface area contributed by atoms with E-state index in [4.69, 9.17) is 0 Å². The molecule has 1 atom stereocenters. The van der Waals surface area contributed by atoms with Crippen molar-refractivity contribution in [3.63, 3.8) is 0 Å². The minimum absolute atomic E-state index is 0.220. The summed E-state index contributed by atoms with van der Waals surface area (Å²) in [6, 6.07) is 8.40. The van der Waals surface area contributed by atoms with Gasteiger partial charge in [-0.1, -0.05) is 19.1 Å². The van der Waals surface area contributed by atoms with Crippen LogP contribution >= 0.6 is 0 Å². The van der Waals surface area contributed by atoms with Crippen LogP contribution in [0.3, 0.4) is 0 Å². The van der Waals surface area contributed by atoms with Crippen molar-refractivity contribution in [1.29, 1.82) is 0 Å². The molecule has 1 unspecified atom stereocenters. The first-order valence-electron chi connectivity index (χ1n) is 7.70. The quantitative estimate of drug-likeness (QED) is 0.905. The van der Waals surface area contributed by atoms with Crippen molar-refractivity contribution in [2.75, 3.05) is 18.0 Å². The molecule has 1 saturated heterocycles. The molecule has 1 aliphatic heterocycles. The van der Waals surface area contributed by atoms with Crippen molar-refractivity contribution in [1.82, 2.24) is 20.7 Å². The molecular weight excluding hydrogens is 278 g/mol. The fourth-order valence-electron chi connectivity index (χ4n) is 2.83. The topological polar surface area (TPSA) is 73.9 Å². The summed E-state index contributed by atoms with van der Waals surface area (Å²) in [5.41, 5.74) is 2.64. The summed E-state index contributed by atoms with van der Waals surface area (Å²) >= 11 is 0. The number of carbonyl (C=O) groups excluding carboxylic acids is 1. The Kier molecular flexibility index (Phi) is 4.37. The van der Waals surface area contributed by atoms with Gasteiger partial charge in [-0.25, -0.2) is 0 Å². The summed E-state index contributed by atoms with van der Waals surface area (Å²) in [5.74, 6) is 0.540. The van der Waals surface area contributed by atoms with Crippen LogP contribution in [0, 0.1) is 5.92 Å². The zero-order chi connectivity index (χ0) is 15.4. The van der Waals surface area contributed by atoms with E-state index in [1.807, 2.05) is 0 Å². The van der Waals surface area contributed by atoms with Crippen LogP contribution in [0.15, 0.2) is 30.5 Å². The maximum absolute atomic E-state index is 11.8. The molecule has 0 radical (unpaired) electrons. The molecular formula is C16H21N5O. The van der Waals surface area contributed by atoms with E-state index in [9.17, 15) is 4.79 Å². The molecule has 0 aliphatic carbocycles. The minimum Gasteiger partial charge on any atom is -0.371 e. The summed E-state index contributed by atoms with van der Waals surface area (Å²) in [6.45, 7) is 5.05. The van der Waals surface area contributed by atoms with Crippen molar-refractivity contribution in [3.8, 4) is 0 Å². The first-order valence-corrected chi connectivity index (χ1v) is 7.70. The Bertz CT molecular complexity index is 608. The number of carbonyl (C=O) groups is 1. The SMILES string of the molecule is CC1CCCN(c2ccc(CNC(=O)c3cn[nH]n3)cc2)C1. The van der Waals surface area contributed by atoms with Gasteiger partial charge in [0.15, 0.2) is 5.69 Å². The highest BCUT2D eigenvalue weighted by Crippen LogP contribution is 2.23. The standard InChI is InChI=1S/C16H21N5O/c1-12-3-2-8-21(11-12)14-6-4-13(5-7-14)9-17-16(22)15-10-18-20-19-15/h4-7,10,12H,2-3,8-9,11H2,1H3,(H,17,22)(H,18,19,20). The van der Waals surface area contributed by atoms with Gasteiger partial charge in [0.2, 0.25) is 0 Å². The second kappa shape index (κ2) is 6.60. The molecule has 6 heteroatoms. The molecule has 2 N–H and O–H groups in total. The number of anilines is 1. The van der Waals surface area contributed by atoms with Crippen LogP contribution in [0.2, 0.25) is 0 Å². The lowest BCUT2D eigenvalue weighted by molar-refractivity contribution is 0.0946. The van der Waals surface area contributed by atoms with Gasteiger partial charge in [-0.3, -0.25) is 4.79 Å². The molecule has 3 rings (SSSR count). The number of amides is 1. The summed E-state index contributed by atoms with van der Waals surface area (Å²) < 4.78 is 0. The van der Waals surface area contributed by atoms with E-state index < -0.39 is 0 Å². The van der Waals surface area contributed by atoms with Crippen LogP contribution in [-0.4, -0.2) is 34.4 Å². The molecule has 22 heavy (non-hydrogen) atoms. The van der Waals surface area contributed by atoms with Crippen molar-refractivity contribution in [3.05, 3.63) is 41.7 Å². The Hall–Kier alpha value is -2.37. The zero-order valence-electron chi connectivity index (χ0n) is 12.7. The molecule has 6 nitrogen and oxygen atoms in total. The summed E-state index contributed by atoms with van der Waals surface area (Å²) in [6.07, 6.45) is 4.00. The fraction of sp³-hybridized carbons (Fsp3) is 0.438. The predicted molar refractivity (Wildman–Crippen MR) is 84.6 cm³/mol. The highest BCUT2D eigenvalue weighted by molar-refractivity contribution is 5.91. The van der Waals surface area contributed by atoms with E-state index in [1.165, 1.54) is 24.7 Å². The van der Waals surface area contributed by atoms with Gasteiger partial charge in [0.1, 0.15) is 0 Å². The molecule has 0 saturated carbocycles. The fourth-order valence-corrected chi connectivity index (χ4v) is 2.83. The second-order valence-electron chi connectivity index (χ2n) is 5.90. The summed E-state index contributed by atoms with van der Waals surface area (Å²) in [4.78, 5) is 14.2. The van der Waals surface area contributed by atoms with E-state index in [-0.39, 0.29) is 5.91 Å². The van der Waals surface area contributed by atoms with E-state index >= 15 is 0 Å². The lowest BCUT2D eigenvalue weighted by Gasteiger charge is -2.32. The molecule has 1 aliphatic rings. The maximum Gasteiger partial charge on any atom is 0.273 e. The molecule has 2 aromatic rings. The van der Waals surface area contributed by atoms with Crippen molar-refractivity contribution in [2.45, 2.75) is 26.3 Å². The molecule has 2 heterocycles. The van der Waals surface area contributed by atoms with Crippen molar-refractivity contribution < 1.29 is 4.79 Å². The third-order valence-electron chi connectivity index (χ3n) is 4.06. The third kappa shape index (κ3) is 3.44. The van der Waals surface area contributed by atoms with Gasteiger partial charge < -0.3 is 10.2 Å². The van der Waals surface area contributed by atoms with Crippen molar-refractivity contribution in [2.24, 2.45) is 5.92 Å². The highest BCUT2D eigenvalue weighted by Gasteiger charge is 2.16. The number of hydrogen-bond donors (Lipinski definition) is 2. The Morgan fingerprint density at radius 2 is 2.23 bits per heavy atom. The van der Waals surface area contributed by atoms with E-state index in [1.54, 1.807) is 0 Å². The predicted octanol–water partition coefficient (Wildman–Crippen LogP) is 1.97. The Labute approximate surface area is 129 Å². The van der Waals surface area contributed by atoms with Crippen LogP contribution in [-0.2, 0) is 6.54 Å². The van der Waals surface area contributed by atoms with Crippen LogP contribution in [0.5, 0.6) is 0 Å². The largest absolute Gasteiger partial charge is 0.371 e. The number of nitrogens with one attached hydrogen (secondary N) is 2. The third-order valence-corrected chi connectivity index (χ3v) is 4.06. The van der Waals surface area contributed by atoms with Crippen LogP contribution in [0.4, 0.5) is 5.69 Å². The van der Waals surface area contributed by atoms with Crippen molar-refractivity contribution >= 4 is 11.6 Å². The Balaban J connectivity index is 1.56. The van der Waals surface area contributed by atoms with E-state index in [2.05, 4.69) is 56.8 Å².